The third-order valence-electron chi connectivity index (χ3n) is 4.23. The number of carbonyl (C=O) groups is 1. The molecule has 0 atom stereocenters. The van der Waals surface area contributed by atoms with Gasteiger partial charge in [-0.25, -0.2) is 4.98 Å². The molecule has 0 unspecified atom stereocenters. The Morgan fingerprint density at radius 1 is 1.38 bits per heavy atom. The Hall–Kier alpha value is -2.08. The van der Waals surface area contributed by atoms with E-state index in [0.717, 1.165) is 46.0 Å². The van der Waals surface area contributed by atoms with Crippen molar-refractivity contribution < 1.29 is 14.3 Å². The van der Waals surface area contributed by atoms with Crippen molar-refractivity contribution in [3.8, 4) is 22.8 Å². The van der Waals surface area contributed by atoms with Gasteiger partial charge >= 0.3 is 0 Å². The highest BCUT2D eigenvalue weighted by atomic mass is 32.1. The van der Waals surface area contributed by atoms with Crippen molar-refractivity contribution in [1.82, 2.24) is 4.98 Å². The molecule has 0 fully saturated rings. The molecule has 0 saturated carbocycles. The normalized spacial score (nSPS) is 14.7. The van der Waals surface area contributed by atoms with Crippen molar-refractivity contribution in [3.63, 3.8) is 0 Å². The second kappa shape index (κ2) is 7.27. The van der Waals surface area contributed by atoms with Crippen molar-refractivity contribution in [1.29, 1.82) is 0 Å². The second-order valence-corrected chi connectivity index (χ2v) is 8.38. The van der Waals surface area contributed by atoms with Crippen LogP contribution in [0.4, 0.5) is 5.13 Å². The summed E-state index contributed by atoms with van der Waals surface area (Å²) in [4.78, 5) is 17.4. The Kier molecular flexibility index (Phi) is 5.23. The van der Waals surface area contributed by atoms with E-state index in [1.54, 1.807) is 0 Å². The smallest absolute Gasteiger partial charge is 0.225 e. The molecular weight excluding hydrogens is 348 g/mol. The largest absolute Gasteiger partial charge is 0.490 e. The van der Waals surface area contributed by atoms with Crippen LogP contribution in [0.3, 0.4) is 0 Å². The lowest BCUT2D eigenvalue weighted by molar-refractivity contribution is -0.115. The molecule has 1 aliphatic rings. The number of carbonyl (C=O) groups excluding carboxylic acids is 1. The molecule has 1 aliphatic heterocycles. The maximum absolute atomic E-state index is 11.7. The molecule has 5 nitrogen and oxygen atoms in total. The maximum Gasteiger partial charge on any atom is 0.225 e. The summed E-state index contributed by atoms with van der Waals surface area (Å²) >= 11 is 1.49. The Labute approximate surface area is 158 Å². The van der Waals surface area contributed by atoms with E-state index in [4.69, 9.17) is 9.47 Å². The first kappa shape index (κ1) is 18.7. The van der Waals surface area contributed by atoms with Crippen molar-refractivity contribution in [2.24, 2.45) is 0 Å². The minimum absolute atomic E-state index is 0.0265. The van der Waals surface area contributed by atoms with Gasteiger partial charge in [0.25, 0.3) is 0 Å². The highest BCUT2D eigenvalue weighted by molar-refractivity contribution is 7.16. The lowest BCUT2D eigenvalue weighted by atomic mass is 9.99. The molecule has 6 heteroatoms. The van der Waals surface area contributed by atoms with Crippen LogP contribution in [0.15, 0.2) is 12.1 Å². The van der Waals surface area contributed by atoms with Gasteiger partial charge in [-0.1, -0.05) is 13.8 Å². The van der Waals surface area contributed by atoms with Crippen molar-refractivity contribution in [2.45, 2.75) is 59.5 Å². The summed E-state index contributed by atoms with van der Waals surface area (Å²) in [6, 6.07) is 4.14. The maximum atomic E-state index is 11.7. The lowest BCUT2D eigenvalue weighted by Gasteiger charge is -2.18. The average Bonchev–Trinajstić information content (AvgIpc) is 3.09. The van der Waals surface area contributed by atoms with Gasteiger partial charge in [-0.15, -0.1) is 11.3 Å². The standard InChI is InChI=1S/C20H26N2O3S/c1-6-8-24-15-10-13(9-14-11-20(4,5)25-18(14)15)17-12(3)26-19(22-17)21-16(23)7-2/h9-10H,6-8,11H2,1-5H3,(H,21,22,23). The number of amides is 1. The third kappa shape index (κ3) is 3.85. The summed E-state index contributed by atoms with van der Waals surface area (Å²) in [5.74, 6) is 1.59. The number of aromatic nitrogens is 1. The summed E-state index contributed by atoms with van der Waals surface area (Å²) in [6.45, 7) is 10.8. The molecule has 26 heavy (non-hydrogen) atoms. The fraction of sp³-hybridized carbons (Fsp3) is 0.500. The van der Waals surface area contributed by atoms with E-state index in [1.807, 2.05) is 19.9 Å². The van der Waals surface area contributed by atoms with E-state index < -0.39 is 0 Å². The molecule has 0 bridgehead atoms. The van der Waals surface area contributed by atoms with Gasteiger partial charge < -0.3 is 14.8 Å². The topological polar surface area (TPSA) is 60.5 Å². The number of hydrogen-bond donors (Lipinski definition) is 1. The second-order valence-electron chi connectivity index (χ2n) is 7.18. The van der Waals surface area contributed by atoms with E-state index in [-0.39, 0.29) is 11.5 Å². The molecule has 3 rings (SSSR count). The minimum atomic E-state index is -0.233. The quantitative estimate of drug-likeness (QED) is 0.775. The van der Waals surface area contributed by atoms with Crippen LogP contribution in [0, 0.1) is 6.92 Å². The Balaban J connectivity index is 2.00. The summed E-state index contributed by atoms with van der Waals surface area (Å²) in [5.41, 5.74) is 2.80. The molecule has 1 aromatic carbocycles. The first-order valence-electron chi connectivity index (χ1n) is 9.09. The molecule has 0 spiro atoms. The van der Waals surface area contributed by atoms with Crippen molar-refractivity contribution >= 4 is 22.4 Å². The molecule has 1 N–H and O–H groups in total. The minimum Gasteiger partial charge on any atom is -0.490 e. The van der Waals surface area contributed by atoms with Gasteiger partial charge in [0.1, 0.15) is 5.60 Å². The average molecular weight is 375 g/mol. The number of nitrogens with zero attached hydrogens (tertiary/aromatic N) is 1. The molecule has 2 heterocycles. The van der Waals surface area contributed by atoms with Crippen molar-refractivity contribution in [3.05, 3.63) is 22.6 Å². The number of fused-ring (bicyclic) bond motifs is 1. The predicted octanol–water partition coefficient (Wildman–Crippen LogP) is 4.97. The van der Waals surface area contributed by atoms with Crippen LogP contribution in [-0.4, -0.2) is 23.1 Å². The molecule has 1 amide bonds. The number of aryl methyl sites for hydroxylation is 1. The molecule has 0 saturated heterocycles. The van der Waals surface area contributed by atoms with Gasteiger partial charge in [-0.2, -0.15) is 0 Å². The molecule has 0 radical (unpaired) electrons. The molecular formula is C20H26N2O3S. The zero-order valence-electron chi connectivity index (χ0n) is 16.1. The number of rotatable bonds is 6. The number of anilines is 1. The van der Waals surface area contributed by atoms with Crippen LogP contribution in [0.1, 0.15) is 51.0 Å². The van der Waals surface area contributed by atoms with Crippen LogP contribution in [0.25, 0.3) is 11.3 Å². The highest BCUT2D eigenvalue weighted by Gasteiger charge is 2.33. The van der Waals surface area contributed by atoms with Crippen LogP contribution in [-0.2, 0) is 11.2 Å². The van der Waals surface area contributed by atoms with Crippen molar-refractivity contribution in [2.75, 3.05) is 11.9 Å². The summed E-state index contributed by atoms with van der Waals surface area (Å²) < 4.78 is 12.1. The Morgan fingerprint density at radius 3 is 2.85 bits per heavy atom. The van der Waals surface area contributed by atoms with Gasteiger partial charge in [0.15, 0.2) is 16.6 Å². The lowest BCUT2D eigenvalue weighted by Crippen LogP contribution is -2.24. The van der Waals surface area contributed by atoms with E-state index >= 15 is 0 Å². The highest BCUT2D eigenvalue weighted by Crippen LogP contribution is 2.45. The zero-order chi connectivity index (χ0) is 18.9. The summed E-state index contributed by atoms with van der Waals surface area (Å²) in [7, 11) is 0. The van der Waals surface area contributed by atoms with Crippen LogP contribution in [0.2, 0.25) is 0 Å². The van der Waals surface area contributed by atoms with E-state index in [2.05, 4.69) is 37.1 Å². The molecule has 2 aromatic rings. The van der Waals surface area contributed by atoms with Gasteiger partial charge in [-0.3, -0.25) is 4.79 Å². The van der Waals surface area contributed by atoms with Gasteiger partial charge in [0, 0.05) is 28.8 Å². The SMILES string of the molecule is CCCOc1cc(-c2nc(NC(=O)CC)sc2C)cc2c1OC(C)(C)C2. The molecule has 0 aliphatic carbocycles. The van der Waals surface area contributed by atoms with Gasteiger partial charge in [-0.05, 0) is 39.3 Å². The third-order valence-corrected chi connectivity index (χ3v) is 5.11. The van der Waals surface area contributed by atoms with E-state index in [1.165, 1.54) is 11.3 Å². The predicted molar refractivity (Wildman–Crippen MR) is 105 cm³/mol. The number of hydrogen-bond acceptors (Lipinski definition) is 5. The van der Waals surface area contributed by atoms with Crippen LogP contribution >= 0.6 is 11.3 Å². The fourth-order valence-electron chi connectivity index (χ4n) is 3.06. The Morgan fingerprint density at radius 2 is 2.15 bits per heavy atom. The first-order valence-corrected chi connectivity index (χ1v) is 9.91. The van der Waals surface area contributed by atoms with Gasteiger partial charge in [0.05, 0.1) is 12.3 Å². The van der Waals surface area contributed by atoms with Crippen LogP contribution < -0.4 is 14.8 Å². The number of nitrogens with one attached hydrogen (secondary N) is 1. The number of ether oxygens (including phenoxy) is 2. The summed E-state index contributed by atoms with van der Waals surface area (Å²) in [5, 5.41) is 3.49. The Bertz CT molecular complexity index is 827. The first-order chi connectivity index (χ1) is 12.3. The van der Waals surface area contributed by atoms with E-state index in [9.17, 15) is 4.79 Å². The molecule has 1 aromatic heterocycles. The number of thiazole rings is 1. The van der Waals surface area contributed by atoms with Crippen LogP contribution in [0.5, 0.6) is 11.5 Å². The summed E-state index contributed by atoms with van der Waals surface area (Å²) in [6.07, 6.45) is 2.21. The zero-order valence-corrected chi connectivity index (χ0v) is 16.9. The fourth-order valence-corrected chi connectivity index (χ4v) is 3.91. The van der Waals surface area contributed by atoms with Gasteiger partial charge in [0.2, 0.25) is 5.91 Å². The monoisotopic (exact) mass is 374 g/mol. The van der Waals surface area contributed by atoms with E-state index in [0.29, 0.717) is 18.2 Å². The molecule has 140 valence electrons. The number of benzene rings is 1.